The molecule has 6 nitrogen and oxygen atoms in total. The molecule has 2 N–H and O–H groups in total. The summed E-state index contributed by atoms with van der Waals surface area (Å²) >= 11 is 0. The molecule has 104 valence electrons. The van der Waals surface area contributed by atoms with E-state index >= 15 is 0 Å². The Kier molecular flexibility index (Phi) is 6.07. The summed E-state index contributed by atoms with van der Waals surface area (Å²) in [6, 6.07) is 0. The molecule has 0 bridgehead atoms. The number of aliphatic carboxylic acids is 1. The van der Waals surface area contributed by atoms with E-state index in [0.29, 0.717) is 6.54 Å². The fourth-order valence-corrected chi connectivity index (χ4v) is 1.76. The van der Waals surface area contributed by atoms with Gasteiger partial charge >= 0.3 is 5.97 Å². The number of hydrogen-bond donors (Lipinski definition) is 2. The zero-order valence-corrected chi connectivity index (χ0v) is 11.0. The molecule has 0 aromatic carbocycles. The number of carbonyl (C=O) groups is 2. The maximum Gasteiger partial charge on any atom is 0.307 e. The van der Waals surface area contributed by atoms with Crippen LogP contribution in [0.3, 0.4) is 0 Å². The minimum Gasteiger partial charge on any atom is -0.481 e. The molecule has 0 spiro atoms. The van der Waals surface area contributed by atoms with Gasteiger partial charge in [0.25, 0.3) is 0 Å². The van der Waals surface area contributed by atoms with Crippen LogP contribution >= 0.6 is 0 Å². The molecule has 1 amide bonds. The molecule has 0 saturated carbocycles. The largest absolute Gasteiger partial charge is 0.481 e. The van der Waals surface area contributed by atoms with E-state index in [4.69, 9.17) is 9.84 Å². The van der Waals surface area contributed by atoms with Gasteiger partial charge in [-0.05, 0) is 0 Å². The van der Waals surface area contributed by atoms with E-state index in [1.807, 2.05) is 0 Å². The maximum absolute atomic E-state index is 11.7. The van der Waals surface area contributed by atoms with E-state index in [9.17, 15) is 9.59 Å². The molecule has 6 heteroatoms. The Morgan fingerprint density at radius 1 is 1.28 bits per heavy atom. The second-order valence-corrected chi connectivity index (χ2v) is 4.66. The highest BCUT2D eigenvalue weighted by Gasteiger charge is 2.25. The predicted octanol–water partition coefficient (Wildman–Crippen LogP) is -0.208. The van der Waals surface area contributed by atoms with Crippen molar-refractivity contribution in [2.75, 3.05) is 39.4 Å². The Hall–Kier alpha value is -1.14. The smallest absolute Gasteiger partial charge is 0.307 e. The van der Waals surface area contributed by atoms with Crippen LogP contribution in [0.5, 0.6) is 0 Å². The number of morpholine rings is 1. The minimum atomic E-state index is -0.939. The number of carbonyl (C=O) groups excluding carboxylic acids is 1. The zero-order chi connectivity index (χ0) is 13.5. The monoisotopic (exact) mass is 258 g/mol. The average molecular weight is 258 g/mol. The lowest BCUT2D eigenvalue weighted by Crippen LogP contribution is -2.43. The summed E-state index contributed by atoms with van der Waals surface area (Å²) in [6.45, 7) is 7.77. The molecule has 0 aromatic rings. The van der Waals surface area contributed by atoms with Gasteiger partial charge in [0.15, 0.2) is 0 Å². The quantitative estimate of drug-likeness (QED) is 0.689. The fraction of sp³-hybridized carbons (Fsp3) is 0.833. The maximum atomic E-state index is 11.7. The van der Waals surface area contributed by atoms with Crippen LogP contribution in [0.2, 0.25) is 0 Å². The first kappa shape index (κ1) is 14.9. The van der Waals surface area contributed by atoms with Crippen molar-refractivity contribution in [1.82, 2.24) is 10.2 Å². The molecule has 1 heterocycles. The summed E-state index contributed by atoms with van der Waals surface area (Å²) in [5.74, 6) is -2.30. The van der Waals surface area contributed by atoms with Crippen LogP contribution in [0.25, 0.3) is 0 Å². The first-order valence-electron chi connectivity index (χ1n) is 6.33. The van der Waals surface area contributed by atoms with Crippen molar-refractivity contribution < 1.29 is 19.4 Å². The van der Waals surface area contributed by atoms with Gasteiger partial charge in [0.1, 0.15) is 0 Å². The van der Waals surface area contributed by atoms with Gasteiger partial charge in [0, 0.05) is 32.1 Å². The molecule has 0 aliphatic carbocycles. The van der Waals surface area contributed by atoms with Crippen molar-refractivity contribution in [1.29, 1.82) is 0 Å². The van der Waals surface area contributed by atoms with Gasteiger partial charge in [-0.1, -0.05) is 13.8 Å². The Morgan fingerprint density at radius 3 is 2.44 bits per heavy atom. The topological polar surface area (TPSA) is 78.9 Å². The van der Waals surface area contributed by atoms with Gasteiger partial charge < -0.3 is 15.2 Å². The lowest BCUT2D eigenvalue weighted by molar-refractivity contribution is -0.146. The number of hydrogen-bond acceptors (Lipinski definition) is 4. The third-order valence-corrected chi connectivity index (χ3v) is 3.38. The van der Waals surface area contributed by atoms with Crippen molar-refractivity contribution in [2.45, 2.75) is 13.8 Å². The van der Waals surface area contributed by atoms with Gasteiger partial charge in [-0.15, -0.1) is 0 Å². The summed E-state index contributed by atoms with van der Waals surface area (Å²) in [4.78, 5) is 24.7. The van der Waals surface area contributed by atoms with Crippen molar-refractivity contribution in [3.63, 3.8) is 0 Å². The minimum absolute atomic E-state index is 0.196. The number of nitrogens with zero attached hydrogens (tertiary/aromatic N) is 1. The molecule has 18 heavy (non-hydrogen) atoms. The Morgan fingerprint density at radius 2 is 1.89 bits per heavy atom. The fourth-order valence-electron chi connectivity index (χ4n) is 1.76. The number of amides is 1. The van der Waals surface area contributed by atoms with Crippen LogP contribution in [0.4, 0.5) is 0 Å². The van der Waals surface area contributed by atoms with Gasteiger partial charge in [-0.25, -0.2) is 0 Å². The molecule has 2 unspecified atom stereocenters. The van der Waals surface area contributed by atoms with Crippen molar-refractivity contribution in [3.8, 4) is 0 Å². The standard InChI is InChI=1S/C12H22N2O4/c1-9(10(2)12(16)17)11(15)13-3-4-14-5-7-18-8-6-14/h9-10H,3-8H2,1-2H3,(H,13,15)(H,16,17). The SMILES string of the molecule is CC(C(=O)O)C(C)C(=O)NCCN1CCOCC1. The van der Waals surface area contributed by atoms with E-state index in [1.165, 1.54) is 0 Å². The van der Waals surface area contributed by atoms with Crippen LogP contribution in [0.1, 0.15) is 13.8 Å². The van der Waals surface area contributed by atoms with Crippen molar-refractivity contribution >= 4 is 11.9 Å². The van der Waals surface area contributed by atoms with Gasteiger partial charge in [-0.2, -0.15) is 0 Å². The van der Waals surface area contributed by atoms with E-state index in [-0.39, 0.29) is 5.91 Å². The average Bonchev–Trinajstić information content (AvgIpc) is 2.38. The number of carboxylic acids is 1. The number of nitrogens with one attached hydrogen (secondary N) is 1. The summed E-state index contributed by atoms with van der Waals surface area (Å²) in [5.41, 5.74) is 0. The van der Waals surface area contributed by atoms with Gasteiger partial charge in [0.2, 0.25) is 5.91 Å². The Bertz CT molecular complexity index is 290. The van der Waals surface area contributed by atoms with Crippen LogP contribution < -0.4 is 5.32 Å². The highest BCUT2D eigenvalue weighted by molar-refractivity contribution is 5.84. The second kappa shape index (κ2) is 7.33. The molecule has 2 atom stereocenters. The number of rotatable bonds is 6. The first-order chi connectivity index (χ1) is 8.52. The van der Waals surface area contributed by atoms with Crippen LogP contribution in [-0.2, 0) is 14.3 Å². The van der Waals surface area contributed by atoms with Gasteiger partial charge in [-0.3, -0.25) is 14.5 Å². The normalized spacial score (nSPS) is 20.1. The lowest BCUT2D eigenvalue weighted by Gasteiger charge is -2.26. The Balaban J connectivity index is 2.21. The van der Waals surface area contributed by atoms with Crippen LogP contribution in [-0.4, -0.2) is 61.3 Å². The third kappa shape index (κ3) is 4.62. The summed E-state index contributed by atoms with van der Waals surface area (Å²) in [6.07, 6.45) is 0. The van der Waals surface area contributed by atoms with Crippen LogP contribution in [0, 0.1) is 11.8 Å². The molecule has 1 aliphatic rings. The first-order valence-corrected chi connectivity index (χ1v) is 6.33. The summed E-state index contributed by atoms with van der Waals surface area (Å²) < 4.78 is 5.23. The molecular weight excluding hydrogens is 236 g/mol. The molecule has 1 rings (SSSR count). The molecule has 0 radical (unpaired) electrons. The van der Waals surface area contributed by atoms with Crippen LogP contribution in [0.15, 0.2) is 0 Å². The highest BCUT2D eigenvalue weighted by Crippen LogP contribution is 2.10. The number of carboxylic acid groups (broad SMARTS) is 1. The van der Waals surface area contributed by atoms with E-state index in [0.717, 1.165) is 32.8 Å². The predicted molar refractivity (Wildman–Crippen MR) is 66.2 cm³/mol. The molecule has 1 saturated heterocycles. The second-order valence-electron chi connectivity index (χ2n) is 4.66. The lowest BCUT2D eigenvalue weighted by atomic mass is 9.95. The van der Waals surface area contributed by atoms with Crippen molar-refractivity contribution in [3.05, 3.63) is 0 Å². The summed E-state index contributed by atoms with van der Waals surface area (Å²) in [7, 11) is 0. The third-order valence-electron chi connectivity index (χ3n) is 3.38. The summed E-state index contributed by atoms with van der Waals surface area (Å²) in [5, 5.41) is 11.6. The highest BCUT2D eigenvalue weighted by atomic mass is 16.5. The molecule has 0 aromatic heterocycles. The molecular formula is C12H22N2O4. The van der Waals surface area contributed by atoms with E-state index in [1.54, 1.807) is 13.8 Å². The van der Waals surface area contributed by atoms with E-state index in [2.05, 4.69) is 10.2 Å². The molecule has 1 aliphatic heterocycles. The van der Waals surface area contributed by atoms with Crippen molar-refractivity contribution in [2.24, 2.45) is 11.8 Å². The van der Waals surface area contributed by atoms with Gasteiger partial charge in [0.05, 0.1) is 19.1 Å². The molecule has 1 fully saturated rings. The Labute approximate surface area is 107 Å². The van der Waals surface area contributed by atoms with E-state index < -0.39 is 17.8 Å². The zero-order valence-electron chi connectivity index (χ0n) is 11.0. The number of ether oxygens (including phenoxy) is 1.